The first-order valence-electron chi connectivity index (χ1n) is 6.51. The second kappa shape index (κ2) is 6.27. The maximum atomic E-state index is 13.8. The third-order valence-corrected chi connectivity index (χ3v) is 4.83. The van der Waals surface area contributed by atoms with Gasteiger partial charge in [-0.15, -0.1) is 11.3 Å². The molecule has 112 valence electrons. The van der Waals surface area contributed by atoms with Crippen molar-refractivity contribution >= 4 is 38.9 Å². The summed E-state index contributed by atoms with van der Waals surface area (Å²) in [6, 6.07) is 4.67. The highest BCUT2D eigenvalue weighted by Crippen LogP contribution is 2.36. The first kappa shape index (κ1) is 14.7. The lowest BCUT2D eigenvalue weighted by Crippen LogP contribution is -2.39. The molecule has 1 saturated heterocycles. The Morgan fingerprint density at radius 3 is 3.05 bits per heavy atom. The van der Waals surface area contributed by atoms with Crippen LogP contribution in [0.3, 0.4) is 0 Å². The van der Waals surface area contributed by atoms with Crippen molar-refractivity contribution in [3.63, 3.8) is 0 Å². The molecular formula is C14H13ClFNO3S. The van der Waals surface area contributed by atoms with Crippen molar-refractivity contribution in [3.05, 3.63) is 33.9 Å². The lowest BCUT2D eigenvalue weighted by molar-refractivity contribution is -0.0855. The van der Waals surface area contributed by atoms with Crippen molar-refractivity contribution in [1.82, 2.24) is 5.32 Å². The average molecular weight is 330 g/mol. The smallest absolute Gasteiger partial charge is 0.263 e. The number of halogens is 2. The van der Waals surface area contributed by atoms with Gasteiger partial charge in [0.1, 0.15) is 10.7 Å². The number of hydrogen-bond donors (Lipinski definition) is 1. The summed E-state index contributed by atoms with van der Waals surface area (Å²) in [5.74, 6) is -0.744. The highest BCUT2D eigenvalue weighted by atomic mass is 35.5. The molecule has 2 heterocycles. The van der Waals surface area contributed by atoms with E-state index in [9.17, 15) is 9.18 Å². The van der Waals surface area contributed by atoms with E-state index >= 15 is 0 Å². The molecule has 7 heteroatoms. The van der Waals surface area contributed by atoms with Gasteiger partial charge in [0.25, 0.3) is 5.91 Å². The van der Waals surface area contributed by atoms with E-state index in [0.29, 0.717) is 41.3 Å². The number of carbonyl (C=O) groups is 1. The Balaban J connectivity index is 1.75. The average Bonchev–Trinajstić information content (AvgIpc) is 2.84. The normalized spacial score (nSPS) is 18.9. The predicted octanol–water partition coefficient (Wildman–Crippen LogP) is 2.84. The number of carbonyl (C=O) groups excluding carboxylic acids is 1. The zero-order chi connectivity index (χ0) is 14.8. The summed E-state index contributed by atoms with van der Waals surface area (Å²) in [5, 5.41) is 3.21. The molecule has 4 nitrogen and oxygen atoms in total. The molecule has 2 aromatic rings. The number of fused-ring (bicyclic) bond motifs is 1. The van der Waals surface area contributed by atoms with Gasteiger partial charge in [0, 0.05) is 16.6 Å². The molecule has 0 radical (unpaired) electrons. The van der Waals surface area contributed by atoms with Crippen LogP contribution in [-0.2, 0) is 9.47 Å². The van der Waals surface area contributed by atoms with Crippen LogP contribution in [0.25, 0.3) is 10.1 Å². The SMILES string of the molecule is O=C(NC[C@H]1COCCO1)c1sc2cccc(F)c2c1Cl. The van der Waals surface area contributed by atoms with Crippen LogP contribution in [0.1, 0.15) is 9.67 Å². The van der Waals surface area contributed by atoms with Gasteiger partial charge >= 0.3 is 0 Å². The van der Waals surface area contributed by atoms with Crippen molar-refractivity contribution in [2.24, 2.45) is 0 Å². The van der Waals surface area contributed by atoms with E-state index in [1.807, 2.05) is 0 Å². The molecule has 0 bridgehead atoms. The first-order valence-corrected chi connectivity index (χ1v) is 7.70. The molecule has 1 fully saturated rings. The molecule has 1 aliphatic rings. The Labute approximate surface area is 129 Å². The van der Waals surface area contributed by atoms with E-state index < -0.39 is 5.82 Å². The summed E-state index contributed by atoms with van der Waals surface area (Å²) >= 11 is 7.31. The topological polar surface area (TPSA) is 47.6 Å². The number of thiophene rings is 1. The van der Waals surface area contributed by atoms with Crippen LogP contribution in [0.5, 0.6) is 0 Å². The summed E-state index contributed by atoms with van der Waals surface area (Å²) < 4.78 is 25.1. The lowest BCUT2D eigenvalue weighted by atomic mass is 10.2. The van der Waals surface area contributed by atoms with Gasteiger partial charge in [-0.05, 0) is 12.1 Å². The molecule has 0 unspecified atom stereocenters. The highest BCUT2D eigenvalue weighted by Gasteiger charge is 2.21. The third kappa shape index (κ3) is 3.03. The summed E-state index contributed by atoms with van der Waals surface area (Å²) in [4.78, 5) is 12.5. The van der Waals surface area contributed by atoms with Crippen LogP contribution in [0.15, 0.2) is 18.2 Å². The minimum absolute atomic E-state index is 0.159. The maximum absolute atomic E-state index is 13.8. The van der Waals surface area contributed by atoms with Crippen LogP contribution in [-0.4, -0.2) is 38.4 Å². The Morgan fingerprint density at radius 1 is 1.48 bits per heavy atom. The molecular weight excluding hydrogens is 317 g/mol. The van der Waals surface area contributed by atoms with Crippen molar-refractivity contribution in [2.75, 3.05) is 26.4 Å². The highest BCUT2D eigenvalue weighted by molar-refractivity contribution is 7.21. The monoisotopic (exact) mass is 329 g/mol. The summed E-state index contributed by atoms with van der Waals surface area (Å²) in [7, 11) is 0. The van der Waals surface area contributed by atoms with E-state index in [1.165, 1.54) is 17.4 Å². The van der Waals surface area contributed by atoms with Gasteiger partial charge in [-0.3, -0.25) is 4.79 Å². The van der Waals surface area contributed by atoms with Crippen LogP contribution in [0.4, 0.5) is 4.39 Å². The number of benzene rings is 1. The largest absolute Gasteiger partial charge is 0.376 e. The molecule has 0 spiro atoms. The fourth-order valence-corrected chi connectivity index (χ4v) is 3.63. The Hall–Kier alpha value is -1.21. The molecule has 21 heavy (non-hydrogen) atoms. The van der Waals surface area contributed by atoms with Gasteiger partial charge < -0.3 is 14.8 Å². The fourth-order valence-electron chi connectivity index (χ4n) is 2.16. The van der Waals surface area contributed by atoms with Gasteiger partial charge in [-0.1, -0.05) is 17.7 Å². The van der Waals surface area contributed by atoms with Crippen molar-refractivity contribution in [1.29, 1.82) is 0 Å². The molecule has 1 aliphatic heterocycles. The number of amides is 1. The molecule has 1 aromatic heterocycles. The summed E-state index contributed by atoms with van der Waals surface area (Å²) in [5.41, 5.74) is 0. The van der Waals surface area contributed by atoms with Crippen LogP contribution >= 0.6 is 22.9 Å². The molecule has 0 saturated carbocycles. The van der Waals surface area contributed by atoms with Crippen LogP contribution < -0.4 is 5.32 Å². The first-order chi connectivity index (χ1) is 10.2. The van der Waals surface area contributed by atoms with E-state index in [2.05, 4.69) is 5.32 Å². The molecule has 3 rings (SSSR count). The molecule has 1 atom stereocenters. The molecule has 1 amide bonds. The Bertz CT molecular complexity index is 670. The Kier molecular flexibility index (Phi) is 4.40. The minimum atomic E-state index is -0.420. The number of ether oxygens (including phenoxy) is 2. The van der Waals surface area contributed by atoms with E-state index in [1.54, 1.807) is 12.1 Å². The van der Waals surface area contributed by atoms with Crippen molar-refractivity contribution in [3.8, 4) is 0 Å². The van der Waals surface area contributed by atoms with Gasteiger partial charge in [0.05, 0.1) is 30.9 Å². The maximum Gasteiger partial charge on any atom is 0.263 e. The van der Waals surface area contributed by atoms with Crippen LogP contribution in [0.2, 0.25) is 5.02 Å². The molecule has 1 N–H and O–H groups in total. The molecule has 1 aromatic carbocycles. The Morgan fingerprint density at radius 2 is 2.33 bits per heavy atom. The van der Waals surface area contributed by atoms with E-state index in [-0.39, 0.29) is 17.0 Å². The lowest BCUT2D eigenvalue weighted by Gasteiger charge is -2.22. The standard InChI is InChI=1S/C14H13ClFNO3S/c15-12-11-9(16)2-1-3-10(11)21-13(12)14(18)17-6-8-7-19-4-5-20-8/h1-3,8H,4-7H2,(H,17,18)/t8-/m0/s1. The van der Waals surface area contributed by atoms with Crippen molar-refractivity contribution < 1.29 is 18.7 Å². The minimum Gasteiger partial charge on any atom is -0.376 e. The number of hydrogen-bond acceptors (Lipinski definition) is 4. The van der Waals surface area contributed by atoms with Gasteiger partial charge in [0.15, 0.2) is 0 Å². The van der Waals surface area contributed by atoms with Gasteiger partial charge in [-0.25, -0.2) is 4.39 Å². The fraction of sp³-hybridized carbons (Fsp3) is 0.357. The second-order valence-corrected chi connectivity index (χ2v) is 6.07. The summed E-state index contributed by atoms with van der Waals surface area (Å²) in [6.45, 7) is 1.89. The number of rotatable bonds is 3. The number of nitrogens with one attached hydrogen (secondary N) is 1. The zero-order valence-electron chi connectivity index (χ0n) is 11.0. The molecule has 0 aliphatic carbocycles. The zero-order valence-corrected chi connectivity index (χ0v) is 12.6. The van der Waals surface area contributed by atoms with Crippen LogP contribution in [0, 0.1) is 5.82 Å². The van der Waals surface area contributed by atoms with Gasteiger partial charge in [-0.2, -0.15) is 0 Å². The van der Waals surface area contributed by atoms with E-state index in [0.717, 1.165) is 0 Å². The summed E-state index contributed by atoms with van der Waals surface area (Å²) in [6.07, 6.45) is -0.160. The van der Waals surface area contributed by atoms with E-state index in [4.69, 9.17) is 21.1 Å². The van der Waals surface area contributed by atoms with Crippen molar-refractivity contribution in [2.45, 2.75) is 6.10 Å². The van der Waals surface area contributed by atoms with Gasteiger partial charge in [0.2, 0.25) is 0 Å². The predicted molar refractivity (Wildman–Crippen MR) is 79.7 cm³/mol. The quantitative estimate of drug-likeness (QED) is 0.942. The second-order valence-electron chi connectivity index (χ2n) is 4.64. The third-order valence-electron chi connectivity index (χ3n) is 3.19.